The predicted octanol–water partition coefficient (Wildman–Crippen LogP) is 3.75. The highest BCUT2D eigenvalue weighted by molar-refractivity contribution is 7.11. The molecule has 72 valence electrons. The van der Waals surface area contributed by atoms with Crippen LogP contribution in [0.1, 0.15) is 48.4 Å². The largest absolute Gasteiger partial charge is 0.250 e. The summed E-state index contributed by atoms with van der Waals surface area (Å²) in [4.78, 5) is 5.85. The molecule has 13 heavy (non-hydrogen) atoms. The van der Waals surface area contributed by atoms with Crippen molar-refractivity contribution in [3.8, 4) is 0 Å². The van der Waals surface area contributed by atoms with Gasteiger partial charge in [0.15, 0.2) is 0 Å². The molecule has 0 amide bonds. The fourth-order valence-electron chi connectivity index (χ4n) is 2.11. The van der Waals surface area contributed by atoms with Crippen LogP contribution >= 0.6 is 11.3 Å². The van der Waals surface area contributed by atoms with Crippen molar-refractivity contribution in [2.24, 2.45) is 5.92 Å². The molecule has 0 N–H and O–H groups in total. The van der Waals surface area contributed by atoms with Crippen molar-refractivity contribution in [3.05, 3.63) is 16.1 Å². The van der Waals surface area contributed by atoms with Crippen molar-refractivity contribution in [2.45, 2.75) is 45.4 Å². The molecule has 0 aliphatic heterocycles. The summed E-state index contributed by atoms with van der Waals surface area (Å²) in [6.45, 7) is 4.47. The molecule has 0 atom stereocenters. The van der Waals surface area contributed by atoms with Gasteiger partial charge in [0.05, 0.1) is 5.01 Å². The van der Waals surface area contributed by atoms with Crippen LogP contribution in [0.4, 0.5) is 0 Å². The van der Waals surface area contributed by atoms with Gasteiger partial charge < -0.3 is 0 Å². The van der Waals surface area contributed by atoms with E-state index in [-0.39, 0.29) is 0 Å². The van der Waals surface area contributed by atoms with Gasteiger partial charge in [-0.05, 0) is 31.6 Å². The van der Waals surface area contributed by atoms with E-state index in [9.17, 15) is 0 Å². The third-order valence-electron chi connectivity index (χ3n) is 3.06. The topological polar surface area (TPSA) is 12.9 Å². The van der Waals surface area contributed by atoms with E-state index < -0.39 is 0 Å². The maximum atomic E-state index is 4.33. The predicted molar refractivity (Wildman–Crippen MR) is 57.2 cm³/mol. The lowest BCUT2D eigenvalue weighted by Crippen LogP contribution is -2.09. The van der Waals surface area contributed by atoms with Crippen molar-refractivity contribution < 1.29 is 0 Å². The lowest BCUT2D eigenvalue weighted by Gasteiger charge is -2.24. The number of hydrogen-bond donors (Lipinski definition) is 0. The Labute approximate surface area is 84.2 Å². The smallest absolute Gasteiger partial charge is 0.0896 e. The average molecular weight is 195 g/mol. The zero-order valence-electron chi connectivity index (χ0n) is 8.42. The molecule has 1 fully saturated rings. The fraction of sp³-hybridized carbons (Fsp3) is 0.727. The number of rotatable bonds is 1. The number of hydrogen-bond acceptors (Lipinski definition) is 2. The Morgan fingerprint density at radius 1 is 1.31 bits per heavy atom. The summed E-state index contributed by atoms with van der Waals surface area (Å²) in [7, 11) is 0. The minimum atomic E-state index is 0.822. The molecule has 0 radical (unpaired) electrons. The van der Waals surface area contributed by atoms with Crippen LogP contribution in [0.2, 0.25) is 0 Å². The summed E-state index contributed by atoms with van der Waals surface area (Å²) in [6, 6.07) is 0. The third-order valence-corrected chi connectivity index (χ3v) is 4.13. The minimum Gasteiger partial charge on any atom is -0.250 e. The molecule has 0 bridgehead atoms. The minimum absolute atomic E-state index is 0.822. The molecule has 1 heterocycles. The Morgan fingerprint density at radius 2 is 2.00 bits per heavy atom. The van der Waals surface area contributed by atoms with Gasteiger partial charge in [-0.2, -0.15) is 0 Å². The van der Waals surface area contributed by atoms with Crippen LogP contribution in [0.3, 0.4) is 0 Å². The highest BCUT2D eigenvalue weighted by atomic mass is 32.1. The van der Waals surface area contributed by atoms with Crippen LogP contribution in [-0.4, -0.2) is 4.98 Å². The van der Waals surface area contributed by atoms with Crippen molar-refractivity contribution in [2.75, 3.05) is 0 Å². The number of nitrogens with zero attached hydrogens (tertiary/aromatic N) is 1. The molecule has 0 saturated heterocycles. The van der Waals surface area contributed by atoms with E-state index in [1.807, 2.05) is 11.3 Å². The Morgan fingerprint density at radius 3 is 2.54 bits per heavy atom. The highest BCUT2D eigenvalue weighted by Crippen LogP contribution is 2.37. The first-order valence-electron chi connectivity index (χ1n) is 5.18. The van der Waals surface area contributed by atoms with Gasteiger partial charge in [-0.25, -0.2) is 4.98 Å². The summed E-state index contributed by atoms with van der Waals surface area (Å²) in [6.07, 6.45) is 7.65. The molecule has 1 aliphatic carbocycles. The van der Waals surface area contributed by atoms with E-state index in [1.54, 1.807) is 0 Å². The van der Waals surface area contributed by atoms with E-state index >= 15 is 0 Å². The van der Waals surface area contributed by atoms with E-state index in [4.69, 9.17) is 0 Å². The molecular formula is C11H17NS. The second-order valence-corrected chi connectivity index (χ2v) is 5.50. The first kappa shape index (κ1) is 9.20. The maximum absolute atomic E-state index is 4.33. The first-order chi connectivity index (χ1) is 6.25. The fourth-order valence-corrected chi connectivity index (χ4v) is 3.07. The second kappa shape index (κ2) is 3.79. The average Bonchev–Trinajstić information content (AvgIpc) is 2.53. The summed E-state index contributed by atoms with van der Waals surface area (Å²) in [5.41, 5.74) is 0. The first-order valence-corrected chi connectivity index (χ1v) is 5.99. The van der Waals surface area contributed by atoms with E-state index in [1.165, 1.54) is 35.6 Å². The second-order valence-electron chi connectivity index (χ2n) is 4.24. The number of aryl methyl sites for hydroxylation is 1. The summed E-state index contributed by atoms with van der Waals surface area (Å²) in [5.74, 6) is 1.77. The van der Waals surface area contributed by atoms with Gasteiger partial charge in [-0.15, -0.1) is 11.3 Å². The lowest BCUT2D eigenvalue weighted by atomic mass is 9.82. The van der Waals surface area contributed by atoms with Crippen molar-refractivity contribution in [1.29, 1.82) is 0 Å². The van der Waals surface area contributed by atoms with Crippen molar-refractivity contribution in [1.82, 2.24) is 4.98 Å². The van der Waals surface area contributed by atoms with Crippen LogP contribution in [0.5, 0.6) is 0 Å². The zero-order chi connectivity index (χ0) is 9.26. The molecule has 0 unspecified atom stereocenters. The third kappa shape index (κ3) is 2.11. The normalized spacial score (nSPS) is 29.1. The van der Waals surface area contributed by atoms with Crippen LogP contribution in [0.25, 0.3) is 0 Å². The van der Waals surface area contributed by atoms with Crippen LogP contribution in [0, 0.1) is 12.8 Å². The maximum Gasteiger partial charge on any atom is 0.0896 e. The number of aromatic nitrogens is 1. The van der Waals surface area contributed by atoms with Crippen LogP contribution in [-0.2, 0) is 0 Å². The van der Waals surface area contributed by atoms with Gasteiger partial charge >= 0.3 is 0 Å². The molecule has 2 heteroatoms. The summed E-state index contributed by atoms with van der Waals surface area (Å²) in [5, 5.41) is 1.22. The lowest BCUT2D eigenvalue weighted by molar-refractivity contribution is 0.350. The Hall–Kier alpha value is -0.370. The van der Waals surface area contributed by atoms with Crippen LogP contribution in [0.15, 0.2) is 6.20 Å². The van der Waals surface area contributed by atoms with Gasteiger partial charge in [0.2, 0.25) is 0 Å². The summed E-state index contributed by atoms with van der Waals surface area (Å²) >= 11 is 1.88. The molecule has 1 aromatic heterocycles. The molecule has 1 aliphatic rings. The summed E-state index contributed by atoms with van der Waals surface area (Å²) < 4.78 is 0. The molecule has 1 nitrogen and oxygen atoms in total. The highest BCUT2D eigenvalue weighted by Gasteiger charge is 2.20. The van der Waals surface area contributed by atoms with E-state index in [2.05, 4.69) is 25.0 Å². The van der Waals surface area contributed by atoms with Gasteiger partial charge in [-0.1, -0.05) is 19.8 Å². The molecule has 1 aromatic rings. The van der Waals surface area contributed by atoms with Gasteiger partial charge in [0, 0.05) is 11.1 Å². The van der Waals surface area contributed by atoms with Crippen molar-refractivity contribution >= 4 is 11.3 Å². The quantitative estimate of drug-likeness (QED) is 0.665. The SMILES string of the molecule is Cc1ncc(C2CCC(C)CC2)s1. The van der Waals surface area contributed by atoms with Gasteiger partial charge in [0.25, 0.3) is 0 Å². The van der Waals surface area contributed by atoms with Crippen molar-refractivity contribution in [3.63, 3.8) is 0 Å². The molecular weight excluding hydrogens is 178 g/mol. The molecule has 0 aromatic carbocycles. The Balaban J connectivity index is 2.02. The molecule has 0 spiro atoms. The number of thiazole rings is 1. The Bertz CT molecular complexity index is 271. The Kier molecular flexibility index (Phi) is 2.68. The molecule has 1 saturated carbocycles. The van der Waals surface area contributed by atoms with Gasteiger partial charge in [0.1, 0.15) is 0 Å². The van der Waals surface area contributed by atoms with E-state index in [0.29, 0.717) is 0 Å². The molecule has 2 rings (SSSR count). The monoisotopic (exact) mass is 195 g/mol. The van der Waals surface area contributed by atoms with Crippen LogP contribution < -0.4 is 0 Å². The van der Waals surface area contributed by atoms with Gasteiger partial charge in [-0.3, -0.25) is 0 Å². The standard InChI is InChI=1S/C11H17NS/c1-8-3-5-10(6-4-8)11-7-12-9(2)13-11/h7-8,10H,3-6H2,1-2H3. The zero-order valence-corrected chi connectivity index (χ0v) is 9.23. The van der Waals surface area contributed by atoms with E-state index in [0.717, 1.165) is 11.8 Å².